The molecule has 36 heavy (non-hydrogen) atoms. The van der Waals surface area contributed by atoms with Gasteiger partial charge in [0.2, 0.25) is 5.91 Å². The van der Waals surface area contributed by atoms with E-state index in [0.717, 1.165) is 0 Å². The van der Waals surface area contributed by atoms with Gasteiger partial charge in [0.1, 0.15) is 0 Å². The summed E-state index contributed by atoms with van der Waals surface area (Å²) < 4.78 is 1.83. The molecule has 3 rings (SSSR count). The SMILES string of the molecule is CCn1c(SCC(=O)Nc2ccc(Cl)cc2Cl)nnc1[C@H](NC(=O)c1cccc([N+](=O)[O-])c1)C(C)C. The van der Waals surface area contributed by atoms with Crippen LogP contribution in [-0.4, -0.2) is 37.3 Å². The van der Waals surface area contributed by atoms with Gasteiger partial charge in [-0.15, -0.1) is 10.2 Å². The predicted octanol–water partition coefficient (Wildman–Crippen LogP) is 5.37. The minimum absolute atomic E-state index is 0.0590. The zero-order valence-corrected chi connectivity index (χ0v) is 22.0. The number of thioether (sulfide) groups is 1. The average Bonchev–Trinajstić information content (AvgIpc) is 3.25. The fourth-order valence-corrected chi connectivity index (χ4v) is 4.62. The first-order valence-corrected chi connectivity index (χ1v) is 12.7. The summed E-state index contributed by atoms with van der Waals surface area (Å²) in [7, 11) is 0. The van der Waals surface area contributed by atoms with E-state index in [1.807, 2.05) is 25.3 Å². The summed E-state index contributed by atoms with van der Waals surface area (Å²) in [4.78, 5) is 35.9. The molecular formula is C23H24Cl2N6O4S. The van der Waals surface area contributed by atoms with E-state index < -0.39 is 16.9 Å². The molecule has 13 heteroatoms. The van der Waals surface area contributed by atoms with Gasteiger partial charge < -0.3 is 15.2 Å². The number of non-ortho nitro benzene ring substituents is 1. The van der Waals surface area contributed by atoms with Crippen molar-refractivity contribution >= 4 is 58.2 Å². The lowest BCUT2D eigenvalue weighted by atomic mass is 10.0. The Balaban J connectivity index is 1.73. The minimum Gasteiger partial charge on any atom is -0.342 e. The number of carbonyl (C=O) groups excluding carboxylic acids is 2. The van der Waals surface area contributed by atoms with E-state index >= 15 is 0 Å². The third kappa shape index (κ3) is 6.74. The van der Waals surface area contributed by atoms with Crippen LogP contribution in [0.1, 0.15) is 43.0 Å². The van der Waals surface area contributed by atoms with Crippen molar-refractivity contribution in [2.45, 2.75) is 38.5 Å². The van der Waals surface area contributed by atoms with Gasteiger partial charge in [-0.3, -0.25) is 19.7 Å². The molecule has 1 aromatic heterocycles. The van der Waals surface area contributed by atoms with Crippen LogP contribution in [0.2, 0.25) is 10.0 Å². The van der Waals surface area contributed by atoms with Crippen molar-refractivity contribution in [1.82, 2.24) is 20.1 Å². The highest BCUT2D eigenvalue weighted by atomic mass is 35.5. The maximum absolute atomic E-state index is 12.9. The number of hydrogen-bond acceptors (Lipinski definition) is 7. The lowest BCUT2D eigenvalue weighted by Crippen LogP contribution is -2.33. The standard InChI is InChI=1S/C23H24Cl2N6O4S/c1-4-30-21(20(13(2)3)27-22(33)14-6-5-7-16(10-14)31(34)35)28-29-23(30)36-12-19(32)26-18-9-8-15(24)11-17(18)25/h5-11,13,20H,4,12H2,1-3H3,(H,26,32)(H,27,33)/t20-/m1/s1. The summed E-state index contributed by atoms with van der Waals surface area (Å²) in [6.45, 7) is 6.25. The molecule has 0 radical (unpaired) electrons. The molecule has 0 fully saturated rings. The van der Waals surface area contributed by atoms with E-state index in [9.17, 15) is 19.7 Å². The van der Waals surface area contributed by atoms with Gasteiger partial charge in [0.15, 0.2) is 11.0 Å². The van der Waals surface area contributed by atoms with Crippen LogP contribution in [0.15, 0.2) is 47.6 Å². The number of nitrogens with one attached hydrogen (secondary N) is 2. The Morgan fingerprint density at radius 2 is 1.92 bits per heavy atom. The molecule has 0 unspecified atom stereocenters. The topological polar surface area (TPSA) is 132 Å². The van der Waals surface area contributed by atoms with Crippen molar-refractivity contribution in [3.05, 3.63) is 74.0 Å². The highest BCUT2D eigenvalue weighted by molar-refractivity contribution is 7.99. The Labute approximate surface area is 221 Å². The van der Waals surface area contributed by atoms with Crippen molar-refractivity contribution in [2.24, 2.45) is 5.92 Å². The third-order valence-corrected chi connectivity index (χ3v) is 6.66. The number of nitro groups is 1. The molecule has 0 saturated carbocycles. The number of rotatable bonds is 10. The quantitative estimate of drug-likeness (QED) is 0.197. The van der Waals surface area contributed by atoms with Crippen LogP contribution in [-0.2, 0) is 11.3 Å². The summed E-state index contributed by atoms with van der Waals surface area (Å²) >= 11 is 13.2. The number of carbonyl (C=O) groups is 2. The molecule has 0 aliphatic rings. The summed E-state index contributed by atoms with van der Waals surface area (Å²) in [6, 6.07) is 9.80. The van der Waals surface area contributed by atoms with Crippen LogP contribution in [0.3, 0.4) is 0 Å². The minimum atomic E-state index is -0.551. The third-order valence-electron chi connectivity index (χ3n) is 5.15. The second kappa shape index (κ2) is 12.2. The predicted molar refractivity (Wildman–Crippen MR) is 140 cm³/mol. The van der Waals surface area contributed by atoms with Crippen LogP contribution < -0.4 is 10.6 Å². The molecule has 0 aliphatic heterocycles. The molecule has 1 heterocycles. The number of aromatic nitrogens is 3. The summed E-state index contributed by atoms with van der Waals surface area (Å²) in [6.07, 6.45) is 0. The van der Waals surface area contributed by atoms with Gasteiger partial charge >= 0.3 is 0 Å². The smallest absolute Gasteiger partial charge is 0.270 e. The summed E-state index contributed by atoms with van der Waals surface area (Å²) in [5.74, 6) is -0.221. The molecule has 2 aromatic carbocycles. The fraction of sp³-hybridized carbons (Fsp3) is 0.304. The molecule has 0 bridgehead atoms. The highest BCUT2D eigenvalue weighted by Crippen LogP contribution is 2.28. The van der Waals surface area contributed by atoms with Crippen LogP contribution in [0.25, 0.3) is 0 Å². The normalized spacial score (nSPS) is 11.8. The fourth-order valence-electron chi connectivity index (χ4n) is 3.36. The Morgan fingerprint density at radius 3 is 2.56 bits per heavy atom. The maximum Gasteiger partial charge on any atom is 0.270 e. The molecule has 1 atom stereocenters. The van der Waals surface area contributed by atoms with Crippen LogP contribution in [0.5, 0.6) is 0 Å². The average molecular weight is 551 g/mol. The Bertz CT molecular complexity index is 1280. The molecule has 2 N–H and O–H groups in total. The number of nitrogens with zero attached hydrogens (tertiary/aromatic N) is 4. The largest absolute Gasteiger partial charge is 0.342 e. The lowest BCUT2D eigenvalue weighted by molar-refractivity contribution is -0.384. The Morgan fingerprint density at radius 1 is 1.17 bits per heavy atom. The van der Waals surface area contributed by atoms with Gasteiger partial charge in [-0.1, -0.05) is 54.9 Å². The van der Waals surface area contributed by atoms with Crippen LogP contribution in [0, 0.1) is 16.0 Å². The maximum atomic E-state index is 12.9. The number of amides is 2. The van der Waals surface area contributed by atoms with E-state index in [2.05, 4.69) is 20.8 Å². The van der Waals surface area contributed by atoms with Gasteiger partial charge in [0, 0.05) is 29.3 Å². The zero-order chi connectivity index (χ0) is 26.4. The summed E-state index contributed by atoms with van der Waals surface area (Å²) in [5.41, 5.74) is 0.454. The highest BCUT2D eigenvalue weighted by Gasteiger charge is 2.26. The van der Waals surface area contributed by atoms with Gasteiger partial charge in [-0.2, -0.15) is 0 Å². The van der Waals surface area contributed by atoms with Gasteiger partial charge in [-0.25, -0.2) is 0 Å². The number of nitro benzene ring substituents is 1. The molecule has 10 nitrogen and oxygen atoms in total. The second-order valence-electron chi connectivity index (χ2n) is 8.05. The molecule has 0 aliphatic carbocycles. The second-order valence-corrected chi connectivity index (χ2v) is 9.83. The zero-order valence-electron chi connectivity index (χ0n) is 19.7. The van der Waals surface area contributed by atoms with E-state index in [4.69, 9.17) is 23.2 Å². The van der Waals surface area contributed by atoms with Crippen molar-refractivity contribution in [3.63, 3.8) is 0 Å². The molecule has 190 valence electrons. The first-order chi connectivity index (χ1) is 17.1. The number of anilines is 1. The van der Waals surface area contributed by atoms with Gasteiger partial charge in [0.05, 0.1) is 27.4 Å². The first-order valence-electron chi connectivity index (χ1n) is 11.0. The number of hydrogen-bond donors (Lipinski definition) is 2. The monoisotopic (exact) mass is 550 g/mol. The number of halogens is 2. The van der Waals surface area contributed by atoms with Crippen LogP contribution in [0.4, 0.5) is 11.4 Å². The van der Waals surface area contributed by atoms with Crippen molar-refractivity contribution in [3.8, 4) is 0 Å². The molecule has 0 spiro atoms. The molecule has 2 amide bonds. The van der Waals surface area contributed by atoms with Crippen molar-refractivity contribution < 1.29 is 14.5 Å². The van der Waals surface area contributed by atoms with Crippen LogP contribution >= 0.6 is 35.0 Å². The molecule has 0 saturated heterocycles. The molecule has 3 aromatic rings. The van der Waals surface area contributed by atoms with E-state index in [1.54, 1.807) is 18.2 Å². The van der Waals surface area contributed by atoms with Crippen molar-refractivity contribution in [1.29, 1.82) is 0 Å². The van der Waals surface area contributed by atoms with E-state index in [0.29, 0.717) is 33.3 Å². The Kier molecular flexibility index (Phi) is 9.30. The van der Waals surface area contributed by atoms with Crippen molar-refractivity contribution in [2.75, 3.05) is 11.1 Å². The lowest BCUT2D eigenvalue weighted by Gasteiger charge is -2.22. The van der Waals surface area contributed by atoms with Gasteiger partial charge in [0.25, 0.3) is 11.6 Å². The van der Waals surface area contributed by atoms with E-state index in [1.165, 1.54) is 36.0 Å². The number of benzene rings is 2. The van der Waals surface area contributed by atoms with Gasteiger partial charge in [-0.05, 0) is 37.1 Å². The first kappa shape index (κ1) is 27.4. The van der Waals surface area contributed by atoms with E-state index in [-0.39, 0.29) is 28.8 Å². The summed E-state index contributed by atoms with van der Waals surface area (Å²) in [5, 5.41) is 26.5. The Hall–Kier alpha value is -3.15. The molecular weight excluding hydrogens is 527 g/mol.